The molecule has 2 N–H and O–H groups in total. The van der Waals surface area contributed by atoms with Crippen molar-refractivity contribution in [2.45, 2.75) is 75.3 Å². The third-order valence-electron chi connectivity index (χ3n) is 16.1. The lowest BCUT2D eigenvalue weighted by Gasteiger charge is -2.40. The van der Waals surface area contributed by atoms with E-state index in [0.717, 1.165) is 81.0 Å². The zero-order valence-corrected chi connectivity index (χ0v) is 39.5. The second-order valence-electron chi connectivity index (χ2n) is 20.1. The van der Waals surface area contributed by atoms with E-state index < -0.39 is 34.8 Å². The number of carbonyl (C=O) groups excluding carboxylic acids is 4. The van der Waals surface area contributed by atoms with Crippen LogP contribution in [0.2, 0.25) is 0 Å². The molecule has 366 valence electrons. The number of imide groups is 1. The fourth-order valence-electron chi connectivity index (χ4n) is 11.9. The molecule has 1 spiro atoms. The van der Waals surface area contributed by atoms with E-state index in [1.54, 1.807) is 29.1 Å². The lowest BCUT2D eigenvalue weighted by Crippen LogP contribution is -2.54. The molecule has 2 aromatic carbocycles. The quantitative estimate of drug-likeness (QED) is 0.174. The summed E-state index contributed by atoms with van der Waals surface area (Å²) in [6.07, 6.45) is 7.51. The lowest BCUT2D eigenvalue weighted by atomic mass is 9.87. The van der Waals surface area contributed by atoms with E-state index in [-0.39, 0.29) is 52.4 Å². The van der Waals surface area contributed by atoms with Crippen LogP contribution in [0.5, 0.6) is 0 Å². The number of pyridine rings is 2. The van der Waals surface area contributed by atoms with Crippen molar-refractivity contribution in [3.63, 3.8) is 0 Å². The summed E-state index contributed by atoms with van der Waals surface area (Å²) in [6.45, 7) is 7.09. The van der Waals surface area contributed by atoms with Crippen LogP contribution in [0.4, 0.5) is 30.2 Å². The standard InChI is InChI=1S/C52H57F3N10O5/c1-56-41-27-46(67)64(30-40(41)55)42-7-14-57-48-36(42)25-35(59(48)2)29-60-15-10-32(11-16-60)47-38(53)23-33(24-39(47)54)50(69)63-17-8-31(9-18-63)28-61-19-21-62(22-20-61)34-3-4-43-37(26-34)52(12-13-52)51(70)65(43)44-5-6-45(66)58-49(44)68/h3-4,7,14,23-27,30-32,44,56H,5-6,8-13,15-22,28-29H2,1-2H3,(H,58,66,68). The van der Waals surface area contributed by atoms with Crippen LogP contribution in [0, 0.1) is 23.4 Å². The number of aromatic nitrogens is 3. The highest BCUT2D eigenvalue weighted by molar-refractivity contribution is 6.15. The van der Waals surface area contributed by atoms with Gasteiger partial charge >= 0.3 is 0 Å². The SMILES string of the molecule is CNc1cc(=O)n(-c2ccnc3c2cc(CN2CCC(c4c(F)cc(C(=O)N5CCC(CN6CCN(c7ccc8c(c7)C7(CC7)C(=O)N8C7CCC(=O)NC7=O)CC6)CC5)cc4F)CC2)n3C)cc1F. The van der Waals surface area contributed by atoms with Gasteiger partial charge in [-0.05, 0) is 118 Å². The first-order valence-corrected chi connectivity index (χ1v) is 24.6. The molecule has 1 atom stereocenters. The number of fused-ring (bicyclic) bond motifs is 3. The first-order valence-electron chi connectivity index (χ1n) is 24.6. The lowest BCUT2D eigenvalue weighted by molar-refractivity contribution is -0.135. The third kappa shape index (κ3) is 8.11. The Morgan fingerprint density at radius 3 is 2.23 bits per heavy atom. The zero-order valence-electron chi connectivity index (χ0n) is 39.5. The molecular formula is C52H57F3N10O5. The van der Waals surface area contributed by atoms with Crippen molar-refractivity contribution in [3.8, 4) is 5.69 Å². The molecule has 18 heteroatoms. The van der Waals surface area contributed by atoms with Crippen LogP contribution >= 0.6 is 0 Å². The predicted molar refractivity (Wildman–Crippen MR) is 258 cm³/mol. The minimum Gasteiger partial charge on any atom is -0.386 e. The van der Waals surface area contributed by atoms with E-state index in [1.807, 2.05) is 29.8 Å². The van der Waals surface area contributed by atoms with Crippen LogP contribution < -0.4 is 26.0 Å². The van der Waals surface area contributed by atoms with Crippen molar-refractivity contribution >= 4 is 51.7 Å². The van der Waals surface area contributed by atoms with Crippen LogP contribution in [0.1, 0.15) is 84.5 Å². The molecule has 11 rings (SSSR count). The molecule has 8 heterocycles. The minimum absolute atomic E-state index is 0.0321. The van der Waals surface area contributed by atoms with Crippen molar-refractivity contribution in [2.24, 2.45) is 13.0 Å². The summed E-state index contributed by atoms with van der Waals surface area (Å²) in [4.78, 5) is 79.8. The number of anilines is 3. The Labute approximate surface area is 403 Å². The Hall–Kier alpha value is -6.53. The Balaban J connectivity index is 0.660. The summed E-state index contributed by atoms with van der Waals surface area (Å²) in [6, 6.07) is 12.7. The van der Waals surface area contributed by atoms with E-state index in [1.165, 1.54) is 29.0 Å². The summed E-state index contributed by atoms with van der Waals surface area (Å²) < 4.78 is 49.7. The first kappa shape index (κ1) is 45.9. The molecule has 6 aliphatic rings. The highest BCUT2D eigenvalue weighted by Gasteiger charge is 2.61. The molecule has 4 saturated heterocycles. The topological polar surface area (TPSA) is 148 Å². The number of amides is 4. The molecule has 5 aliphatic heterocycles. The second-order valence-corrected chi connectivity index (χ2v) is 20.1. The predicted octanol–water partition coefficient (Wildman–Crippen LogP) is 5.42. The van der Waals surface area contributed by atoms with Gasteiger partial charge in [0.1, 0.15) is 23.3 Å². The molecule has 0 radical (unpaired) electrons. The number of likely N-dealkylation sites (tertiary alicyclic amines) is 2. The second kappa shape index (κ2) is 18.0. The number of aryl methyl sites for hydroxylation is 1. The fraction of sp³-hybridized carbons (Fsp3) is 0.462. The van der Waals surface area contributed by atoms with Gasteiger partial charge in [0.05, 0.1) is 23.0 Å². The number of nitrogens with one attached hydrogen (secondary N) is 2. The summed E-state index contributed by atoms with van der Waals surface area (Å²) in [5.74, 6) is -2.97. The van der Waals surface area contributed by atoms with Crippen LogP contribution in [0.3, 0.4) is 0 Å². The third-order valence-corrected chi connectivity index (χ3v) is 16.1. The van der Waals surface area contributed by atoms with Gasteiger partial charge in [-0.3, -0.25) is 48.6 Å². The van der Waals surface area contributed by atoms with Gasteiger partial charge in [0, 0.05) is 119 Å². The average molecular weight is 959 g/mol. The Kier molecular flexibility index (Phi) is 11.8. The summed E-state index contributed by atoms with van der Waals surface area (Å²) >= 11 is 0. The molecule has 5 aromatic rings. The van der Waals surface area contributed by atoms with Crippen molar-refractivity contribution in [1.82, 2.24) is 34.1 Å². The Bertz CT molecular complexity index is 2980. The van der Waals surface area contributed by atoms with E-state index >= 15 is 8.78 Å². The van der Waals surface area contributed by atoms with Crippen molar-refractivity contribution in [1.29, 1.82) is 0 Å². The Morgan fingerprint density at radius 2 is 1.54 bits per heavy atom. The maximum Gasteiger partial charge on any atom is 0.257 e. The number of carbonyl (C=O) groups is 4. The smallest absolute Gasteiger partial charge is 0.257 e. The summed E-state index contributed by atoms with van der Waals surface area (Å²) in [7, 11) is 3.45. The molecule has 1 unspecified atom stereocenters. The largest absolute Gasteiger partial charge is 0.386 e. The van der Waals surface area contributed by atoms with Gasteiger partial charge in [-0.15, -0.1) is 0 Å². The number of piperazine rings is 1. The molecular weight excluding hydrogens is 902 g/mol. The average Bonchev–Trinajstić information content (AvgIpc) is 4.06. The van der Waals surface area contributed by atoms with Crippen LogP contribution in [-0.4, -0.2) is 124 Å². The van der Waals surface area contributed by atoms with E-state index in [9.17, 15) is 28.4 Å². The normalized spacial score (nSPS) is 21.2. The number of hydrogen-bond donors (Lipinski definition) is 2. The first-order chi connectivity index (χ1) is 33.8. The number of hydrogen-bond acceptors (Lipinski definition) is 10. The number of halogens is 3. The molecule has 4 amide bonds. The van der Waals surface area contributed by atoms with Crippen LogP contribution in [0.25, 0.3) is 16.7 Å². The highest BCUT2D eigenvalue weighted by atomic mass is 19.1. The maximum atomic E-state index is 15.9. The number of piperidine rings is 3. The van der Waals surface area contributed by atoms with Gasteiger partial charge in [-0.25, -0.2) is 18.2 Å². The van der Waals surface area contributed by atoms with Crippen molar-refractivity contribution in [2.75, 3.05) is 81.1 Å². The van der Waals surface area contributed by atoms with E-state index in [0.29, 0.717) is 74.6 Å². The fourth-order valence-corrected chi connectivity index (χ4v) is 11.9. The number of benzene rings is 2. The van der Waals surface area contributed by atoms with Gasteiger partial charge in [0.2, 0.25) is 17.7 Å². The van der Waals surface area contributed by atoms with Gasteiger partial charge < -0.3 is 19.7 Å². The summed E-state index contributed by atoms with van der Waals surface area (Å²) in [5, 5.41) is 5.80. The van der Waals surface area contributed by atoms with Gasteiger partial charge in [-0.2, -0.15) is 0 Å². The highest BCUT2D eigenvalue weighted by Crippen LogP contribution is 2.58. The monoisotopic (exact) mass is 958 g/mol. The molecule has 70 heavy (non-hydrogen) atoms. The van der Waals surface area contributed by atoms with Crippen LogP contribution in [-0.2, 0) is 33.4 Å². The molecule has 15 nitrogen and oxygen atoms in total. The van der Waals surface area contributed by atoms with E-state index in [2.05, 4.69) is 36.4 Å². The van der Waals surface area contributed by atoms with E-state index in [4.69, 9.17) is 0 Å². The van der Waals surface area contributed by atoms with Crippen molar-refractivity contribution in [3.05, 3.63) is 111 Å². The minimum atomic E-state index is -0.688. The maximum absolute atomic E-state index is 15.9. The van der Waals surface area contributed by atoms with Crippen molar-refractivity contribution < 1.29 is 32.3 Å². The number of rotatable bonds is 10. The molecule has 5 fully saturated rings. The molecule has 1 saturated carbocycles. The van der Waals surface area contributed by atoms with Gasteiger partial charge in [-0.1, -0.05) is 0 Å². The number of nitrogens with zero attached hydrogens (tertiary/aromatic N) is 8. The zero-order chi connectivity index (χ0) is 48.6. The van der Waals surface area contributed by atoms with Crippen LogP contribution in [0.15, 0.2) is 65.7 Å². The van der Waals surface area contributed by atoms with Gasteiger partial charge in [0.25, 0.3) is 11.5 Å². The van der Waals surface area contributed by atoms with Gasteiger partial charge in [0.15, 0.2) is 5.82 Å². The molecule has 0 bridgehead atoms. The molecule has 1 aliphatic carbocycles. The molecule has 3 aromatic heterocycles. The Morgan fingerprint density at radius 1 is 0.814 bits per heavy atom. The summed E-state index contributed by atoms with van der Waals surface area (Å²) in [5.41, 5.74) is 4.16.